The molecule has 0 saturated heterocycles. The van der Waals surface area contributed by atoms with E-state index in [1.165, 1.54) is 12.1 Å². The Morgan fingerprint density at radius 1 is 0.559 bits per heavy atom. The first-order valence-corrected chi connectivity index (χ1v) is 10.5. The summed E-state index contributed by atoms with van der Waals surface area (Å²) in [5.74, 6) is -3.27. The number of carboxylic acids is 2. The number of rotatable bonds is 10. The van der Waals surface area contributed by atoms with Gasteiger partial charge >= 0.3 is 11.9 Å². The second-order valence-electron chi connectivity index (χ2n) is 7.82. The molecule has 0 bridgehead atoms. The first-order chi connectivity index (χ1) is 16.2. The summed E-state index contributed by atoms with van der Waals surface area (Å²) >= 11 is 0. The van der Waals surface area contributed by atoms with Crippen LogP contribution in [0.4, 0.5) is 0 Å². The van der Waals surface area contributed by atoms with Gasteiger partial charge in [-0.25, -0.2) is 0 Å². The summed E-state index contributed by atoms with van der Waals surface area (Å²) < 4.78 is 0. The Kier molecular flexibility index (Phi) is 7.68. The second kappa shape index (κ2) is 10.7. The number of carboxylic acid groups (broad SMARTS) is 2. The topological polar surface area (TPSA) is 161 Å². The van der Waals surface area contributed by atoms with Gasteiger partial charge in [-0.05, 0) is 24.0 Å². The van der Waals surface area contributed by atoms with Gasteiger partial charge in [-0.3, -0.25) is 19.2 Å². The molecule has 174 valence electrons. The molecular formula is C26H24N2O6. The molecule has 0 aromatic heterocycles. The Morgan fingerprint density at radius 3 is 1.18 bits per heavy atom. The summed E-state index contributed by atoms with van der Waals surface area (Å²) in [4.78, 5) is 49.4. The van der Waals surface area contributed by atoms with Gasteiger partial charge in [0.15, 0.2) is 11.6 Å². The van der Waals surface area contributed by atoms with E-state index in [1.807, 2.05) is 0 Å². The van der Waals surface area contributed by atoms with E-state index in [0.29, 0.717) is 11.1 Å². The summed E-state index contributed by atoms with van der Waals surface area (Å²) in [6.45, 7) is 0. The first-order valence-electron chi connectivity index (χ1n) is 10.5. The Bertz CT molecular complexity index is 1160. The summed E-state index contributed by atoms with van der Waals surface area (Å²) in [5.41, 5.74) is 13.0. The van der Waals surface area contributed by atoms with E-state index in [0.717, 1.165) is 0 Å². The van der Waals surface area contributed by atoms with Crippen molar-refractivity contribution in [1.82, 2.24) is 0 Å². The van der Waals surface area contributed by atoms with Crippen molar-refractivity contribution in [3.05, 3.63) is 106 Å². The first kappa shape index (κ1) is 24.5. The monoisotopic (exact) mass is 460 g/mol. The fourth-order valence-electron chi connectivity index (χ4n) is 3.66. The van der Waals surface area contributed by atoms with Crippen LogP contribution in [0.15, 0.2) is 72.8 Å². The minimum Gasteiger partial charge on any atom is -0.480 e. The third kappa shape index (κ3) is 5.43. The summed E-state index contributed by atoms with van der Waals surface area (Å²) in [6, 6.07) is 17.0. The van der Waals surface area contributed by atoms with Gasteiger partial charge in [0.05, 0.1) is 0 Å². The van der Waals surface area contributed by atoms with Crippen LogP contribution < -0.4 is 11.5 Å². The number of hydrogen-bond donors (Lipinski definition) is 4. The molecular weight excluding hydrogens is 436 g/mol. The van der Waals surface area contributed by atoms with Crippen LogP contribution in [0, 0.1) is 0 Å². The Balaban J connectivity index is 2.02. The molecule has 3 aromatic rings. The smallest absolute Gasteiger partial charge is 0.320 e. The molecule has 8 nitrogen and oxygen atoms in total. The van der Waals surface area contributed by atoms with Crippen molar-refractivity contribution in [2.24, 2.45) is 11.5 Å². The van der Waals surface area contributed by atoms with Crippen molar-refractivity contribution in [3.8, 4) is 0 Å². The lowest BCUT2D eigenvalue weighted by atomic mass is 9.88. The van der Waals surface area contributed by atoms with E-state index in [9.17, 15) is 19.2 Å². The van der Waals surface area contributed by atoms with Crippen molar-refractivity contribution in [2.75, 3.05) is 0 Å². The Hall–Kier alpha value is -4.14. The number of ketones is 2. The van der Waals surface area contributed by atoms with Gasteiger partial charge in [-0.15, -0.1) is 0 Å². The molecule has 6 N–H and O–H groups in total. The number of hydrogen-bond acceptors (Lipinski definition) is 6. The molecule has 0 heterocycles. The number of benzene rings is 3. The van der Waals surface area contributed by atoms with E-state index in [4.69, 9.17) is 21.7 Å². The van der Waals surface area contributed by atoms with Crippen molar-refractivity contribution >= 4 is 23.5 Å². The highest BCUT2D eigenvalue weighted by Gasteiger charge is 2.24. The quantitative estimate of drug-likeness (QED) is 0.334. The minimum atomic E-state index is -1.19. The van der Waals surface area contributed by atoms with Crippen LogP contribution in [0.25, 0.3) is 0 Å². The van der Waals surface area contributed by atoms with Crippen LogP contribution in [-0.4, -0.2) is 45.8 Å². The molecule has 3 aromatic carbocycles. The fraction of sp³-hybridized carbons (Fsp3) is 0.154. The number of carbonyl (C=O) groups is 4. The van der Waals surface area contributed by atoms with Gasteiger partial charge in [0.25, 0.3) is 0 Å². The summed E-state index contributed by atoms with van der Waals surface area (Å²) in [5, 5.41) is 18.3. The van der Waals surface area contributed by atoms with Crippen LogP contribution in [0.2, 0.25) is 0 Å². The van der Waals surface area contributed by atoms with Gasteiger partial charge < -0.3 is 21.7 Å². The molecule has 0 aliphatic rings. The van der Waals surface area contributed by atoms with Crippen LogP contribution >= 0.6 is 0 Å². The molecule has 0 spiro atoms. The van der Waals surface area contributed by atoms with E-state index >= 15 is 0 Å². The molecule has 34 heavy (non-hydrogen) atoms. The molecule has 0 fully saturated rings. The Labute approximate surface area is 195 Å². The van der Waals surface area contributed by atoms with Crippen LogP contribution in [0.1, 0.15) is 43.0 Å². The van der Waals surface area contributed by atoms with Crippen molar-refractivity contribution < 1.29 is 29.4 Å². The molecule has 0 radical (unpaired) electrons. The van der Waals surface area contributed by atoms with Gasteiger partial charge in [-0.2, -0.15) is 0 Å². The fourth-order valence-corrected chi connectivity index (χ4v) is 3.66. The normalized spacial score (nSPS) is 12.5. The highest BCUT2D eigenvalue weighted by atomic mass is 16.4. The molecule has 8 heteroatoms. The predicted octanol–water partition coefficient (Wildman–Crippen LogP) is 2.06. The number of carbonyl (C=O) groups excluding carboxylic acids is 2. The van der Waals surface area contributed by atoms with Gasteiger partial charge in [0, 0.05) is 22.3 Å². The zero-order valence-corrected chi connectivity index (χ0v) is 18.2. The maximum Gasteiger partial charge on any atom is 0.320 e. The lowest BCUT2D eigenvalue weighted by molar-refractivity contribution is -0.139. The highest BCUT2D eigenvalue weighted by molar-refractivity contribution is 6.20. The highest BCUT2D eigenvalue weighted by Crippen LogP contribution is 2.23. The van der Waals surface area contributed by atoms with Crippen molar-refractivity contribution in [3.63, 3.8) is 0 Å². The molecule has 3 rings (SSSR count). The molecule has 2 atom stereocenters. The zero-order valence-electron chi connectivity index (χ0n) is 18.2. The number of aliphatic carboxylic acids is 2. The molecule has 0 amide bonds. The minimum absolute atomic E-state index is 0.0523. The number of nitrogens with two attached hydrogens (primary N) is 2. The van der Waals surface area contributed by atoms with E-state index in [-0.39, 0.29) is 35.1 Å². The average molecular weight is 460 g/mol. The van der Waals surface area contributed by atoms with E-state index < -0.39 is 35.6 Å². The Morgan fingerprint density at radius 2 is 0.853 bits per heavy atom. The lowest BCUT2D eigenvalue weighted by Gasteiger charge is -2.15. The molecule has 2 unspecified atom stereocenters. The standard InChI is InChI=1S/C26H24N2O6/c27-21(25(31)32)13-15-7-1-3-9-17(15)23(29)19-11-5-6-12-20(19)24(30)18-10-4-2-8-16(18)14-22(28)26(33)34/h1-12,21-22H,13-14,27-28H2,(H,31,32)(H,33,34). The maximum absolute atomic E-state index is 13.5. The third-order valence-corrected chi connectivity index (χ3v) is 5.45. The van der Waals surface area contributed by atoms with Crippen LogP contribution in [0.3, 0.4) is 0 Å². The van der Waals surface area contributed by atoms with Gasteiger partial charge in [-0.1, -0.05) is 72.8 Å². The third-order valence-electron chi connectivity index (χ3n) is 5.45. The van der Waals surface area contributed by atoms with E-state index in [1.54, 1.807) is 60.7 Å². The SMILES string of the molecule is NC(Cc1ccccc1C(=O)c1ccccc1C(=O)c1ccccc1CC(N)C(=O)O)C(=O)O. The van der Waals surface area contributed by atoms with Crippen LogP contribution in [0.5, 0.6) is 0 Å². The van der Waals surface area contributed by atoms with Crippen molar-refractivity contribution in [1.29, 1.82) is 0 Å². The van der Waals surface area contributed by atoms with Gasteiger partial charge in [0.2, 0.25) is 0 Å². The predicted molar refractivity (Wildman–Crippen MR) is 125 cm³/mol. The summed E-state index contributed by atoms with van der Waals surface area (Å²) in [7, 11) is 0. The van der Waals surface area contributed by atoms with Crippen LogP contribution in [-0.2, 0) is 22.4 Å². The summed E-state index contributed by atoms with van der Waals surface area (Å²) in [6.07, 6.45) is -0.105. The molecule has 0 aliphatic carbocycles. The second-order valence-corrected chi connectivity index (χ2v) is 7.82. The average Bonchev–Trinajstić information content (AvgIpc) is 2.83. The molecule has 0 aliphatic heterocycles. The largest absolute Gasteiger partial charge is 0.480 e. The maximum atomic E-state index is 13.5. The van der Waals surface area contributed by atoms with E-state index in [2.05, 4.69) is 0 Å². The van der Waals surface area contributed by atoms with Gasteiger partial charge in [0.1, 0.15) is 12.1 Å². The lowest BCUT2D eigenvalue weighted by Crippen LogP contribution is -2.33. The molecule has 0 saturated carbocycles. The van der Waals surface area contributed by atoms with Crippen molar-refractivity contribution in [2.45, 2.75) is 24.9 Å². The zero-order chi connectivity index (χ0) is 24.8.